The SMILES string of the molecule is CCNc1nc(NCC)nc(SC)n1.CCOP(=S)(Oc1cnc(C(C)(C)C)nc1)OC(C)C. The zero-order valence-corrected chi connectivity index (χ0v) is 24.1. The van der Waals surface area contributed by atoms with E-state index in [1.807, 2.05) is 40.9 Å². The Kier molecular flexibility index (Phi) is 13.2. The molecule has 0 saturated carbocycles. The number of hydrogen-bond donors (Lipinski definition) is 2. The van der Waals surface area contributed by atoms with Gasteiger partial charge in [-0.15, -0.1) is 0 Å². The van der Waals surface area contributed by atoms with Crippen LogP contribution in [0.25, 0.3) is 0 Å². The fraction of sp³-hybridized carbons (Fsp3) is 0.667. The molecule has 1 unspecified atom stereocenters. The van der Waals surface area contributed by atoms with Gasteiger partial charge in [0, 0.05) is 30.3 Å². The highest BCUT2D eigenvalue weighted by Crippen LogP contribution is 2.50. The first-order valence-electron chi connectivity index (χ1n) is 11.2. The minimum absolute atomic E-state index is 0.0675. The second kappa shape index (κ2) is 14.7. The molecule has 0 saturated heterocycles. The van der Waals surface area contributed by atoms with Gasteiger partial charge in [-0.3, -0.25) is 9.05 Å². The number of nitrogens with zero attached hydrogens (tertiary/aromatic N) is 5. The van der Waals surface area contributed by atoms with Crippen LogP contribution in [0.5, 0.6) is 5.75 Å². The highest BCUT2D eigenvalue weighted by Gasteiger charge is 2.24. The Bertz CT molecular complexity index is 888. The quantitative estimate of drug-likeness (QED) is 0.290. The van der Waals surface area contributed by atoms with Crippen LogP contribution < -0.4 is 15.2 Å². The van der Waals surface area contributed by atoms with Crippen LogP contribution in [0.1, 0.15) is 61.2 Å². The van der Waals surface area contributed by atoms with E-state index in [9.17, 15) is 0 Å². The van der Waals surface area contributed by atoms with Crippen molar-refractivity contribution in [3.8, 4) is 5.75 Å². The Labute approximate surface area is 213 Å². The number of thioether (sulfide) groups is 1. The van der Waals surface area contributed by atoms with E-state index < -0.39 is 6.72 Å². The molecule has 0 aromatic carbocycles. The van der Waals surface area contributed by atoms with Gasteiger partial charge in [0.05, 0.1) is 25.1 Å². The van der Waals surface area contributed by atoms with Gasteiger partial charge in [0.15, 0.2) is 10.9 Å². The molecule has 34 heavy (non-hydrogen) atoms. The van der Waals surface area contributed by atoms with E-state index in [4.69, 9.17) is 25.4 Å². The maximum absolute atomic E-state index is 5.68. The first-order valence-corrected chi connectivity index (χ1v) is 15.0. The third kappa shape index (κ3) is 11.2. The molecule has 0 bridgehead atoms. The molecule has 0 aliphatic carbocycles. The average Bonchev–Trinajstić information content (AvgIpc) is 2.73. The molecule has 0 spiro atoms. The van der Waals surface area contributed by atoms with Crippen molar-refractivity contribution in [2.45, 2.75) is 72.1 Å². The Morgan fingerprint density at radius 2 is 1.53 bits per heavy atom. The molecule has 2 aromatic heterocycles. The second-order valence-electron chi connectivity index (χ2n) is 8.13. The summed E-state index contributed by atoms with van der Waals surface area (Å²) >= 11 is 6.86. The van der Waals surface area contributed by atoms with Crippen molar-refractivity contribution >= 4 is 42.2 Å². The zero-order chi connectivity index (χ0) is 25.8. The molecule has 2 aromatic rings. The van der Waals surface area contributed by atoms with Crippen LogP contribution in [0, 0.1) is 0 Å². The van der Waals surface area contributed by atoms with Gasteiger partial charge in [0.1, 0.15) is 5.82 Å². The predicted octanol–water partition coefficient (Wildman–Crippen LogP) is 5.30. The first-order chi connectivity index (χ1) is 16.0. The van der Waals surface area contributed by atoms with Gasteiger partial charge in [-0.25, -0.2) is 9.97 Å². The molecular formula is C21H38N7O3PS2. The molecule has 192 valence electrons. The van der Waals surface area contributed by atoms with Gasteiger partial charge in [-0.2, -0.15) is 15.0 Å². The molecule has 2 heterocycles. The normalized spacial score (nSPS) is 13.0. The van der Waals surface area contributed by atoms with Gasteiger partial charge in [-0.1, -0.05) is 32.5 Å². The number of hydrogen-bond acceptors (Lipinski definition) is 12. The Morgan fingerprint density at radius 3 is 1.91 bits per heavy atom. The lowest BCUT2D eigenvalue weighted by molar-refractivity contribution is 0.171. The maximum atomic E-state index is 5.68. The van der Waals surface area contributed by atoms with E-state index in [-0.39, 0.29) is 11.5 Å². The largest absolute Gasteiger partial charge is 0.421 e. The van der Waals surface area contributed by atoms with Gasteiger partial charge in [-0.05, 0) is 40.9 Å². The Balaban J connectivity index is 0.000000362. The molecule has 2 N–H and O–H groups in total. The van der Waals surface area contributed by atoms with Crippen molar-refractivity contribution < 1.29 is 13.6 Å². The van der Waals surface area contributed by atoms with Gasteiger partial charge < -0.3 is 15.2 Å². The van der Waals surface area contributed by atoms with Crippen LogP contribution in [0.15, 0.2) is 17.6 Å². The topological polar surface area (TPSA) is 116 Å². The van der Waals surface area contributed by atoms with Crippen molar-refractivity contribution in [2.75, 3.05) is 36.6 Å². The summed E-state index contributed by atoms with van der Waals surface area (Å²) in [6.45, 7) is 15.1. The van der Waals surface area contributed by atoms with Crippen LogP contribution in [0.4, 0.5) is 11.9 Å². The number of aromatic nitrogens is 5. The first kappa shape index (κ1) is 30.4. The van der Waals surface area contributed by atoms with Crippen LogP contribution in [-0.4, -0.2) is 57.0 Å². The average molecular weight is 532 g/mol. The van der Waals surface area contributed by atoms with Gasteiger partial charge >= 0.3 is 6.72 Å². The smallest absolute Gasteiger partial charge is 0.380 e. The van der Waals surface area contributed by atoms with Crippen LogP contribution in [0.2, 0.25) is 0 Å². The van der Waals surface area contributed by atoms with E-state index >= 15 is 0 Å². The fourth-order valence-corrected chi connectivity index (χ4v) is 5.08. The summed E-state index contributed by atoms with van der Waals surface area (Å²) < 4.78 is 16.8. The third-order valence-corrected chi connectivity index (χ3v) is 6.65. The molecule has 0 radical (unpaired) electrons. The summed E-state index contributed by atoms with van der Waals surface area (Å²) in [6.07, 6.45) is 5.09. The summed E-state index contributed by atoms with van der Waals surface area (Å²) in [5.74, 6) is 2.47. The van der Waals surface area contributed by atoms with E-state index in [2.05, 4.69) is 56.3 Å². The van der Waals surface area contributed by atoms with Crippen LogP contribution in [-0.2, 0) is 26.3 Å². The highest BCUT2D eigenvalue weighted by atomic mass is 32.5. The van der Waals surface area contributed by atoms with Crippen molar-refractivity contribution in [1.82, 2.24) is 24.9 Å². The van der Waals surface area contributed by atoms with E-state index in [0.717, 1.165) is 24.1 Å². The molecule has 0 aliphatic heterocycles. The van der Waals surface area contributed by atoms with Crippen LogP contribution in [0.3, 0.4) is 0 Å². The molecule has 0 fully saturated rings. The number of rotatable bonds is 11. The third-order valence-electron chi connectivity index (χ3n) is 3.61. The minimum atomic E-state index is -2.80. The lowest BCUT2D eigenvalue weighted by atomic mass is 9.96. The molecule has 0 aliphatic rings. The van der Waals surface area contributed by atoms with Crippen LogP contribution >= 0.6 is 18.5 Å². The Morgan fingerprint density at radius 1 is 1.00 bits per heavy atom. The molecule has 13 heteroatoms. The van der Waals surface area contributed by atoms with E-state index in [1.165, 1.54) is 11.8 Å². The molecule has 10 nitrogen and oxygen atoms in total. The molecule has 2 rings (SSSR count). The van der Waals surface area contributed by atoms with Crippen molar-refractivity contribution in [2.24, 2.45) is 0 Å². The number of anilines is 2. The summed E-state index contributed by atoms with van der Waals surface area (Å²) in [5.41, 5.74) is -0.104. The standard InChI is InChI=1S/C13H23N2O3PS.C8H15N5S/c1-7-16-19(20,17-10(2)3)18-11-8-14-12(15-9-11)13(4,5)6;1-4-9-6-11-7(10-5-2)13-8(12-6)14-3/h8-10H,7H2,1-6H3;4-5H2,1-3H3,(H2,9,10,11,12,13). The maximum Gasteiger partial charge on any atom is 0.380 e. The van der Waals surface area contributed by atoms with Crippen molar-refractivity contribution in [3.63, 3.8) is 0 Å². The van der Waals surface area contributed by atoms with Crippen molar-refractivity contribution in [3.05, 3.63) is 18.2 Å². The fourth-order valence-electron chi connectivity index (χ4n) is 2.30. The summed E-state index contributed by atoms with van der Waals surface area (Å²) in [5, 5.41) is 6.86. The summed E-state index contributed by atoms with van der Waals surface area (Å²) in [6, 6.07) is 0. The predicted molar refractivity (Wildman–Crippen MR) is 143 cm³/mol. The monoisotopic (exact) mass is 531 g/mol. The lowest BCUT2D eigenvalue weighted by Gasteiger charge is -2.23. The number of nitrogens with one attached hydrogen (secondary N) is 2. The lowest BCUT2D eigenvalue weighted by Crippen LogP contribution is -2.15. The zero-order valence-electron chi connectivity index (χ0n) is 21.6. The summed E-state index contributed by atoms with van der Waals surface area (Å²) in [7, 11) is 0. The minimum Gasteiger partial charge on any atom is -0.421 e. The molecule has 0 amide bonds. The molecule has 1 atom stereocenters. The summed E-state index contributed by atoms with van der Waals surface area (Å²) in [4.78, 5) is 21.2. The highest BCUT2D eigenvalue weighted by molar-refractivity contribution is 8.07. The van der Waals surface area contributed by atoms with E-state index in [1.54, 1.807) is 12.4 Å². The van der Waals surface area contributed by atoms with Gasteiger partial charge in [0.25, 0.3) is 0 Å². The van der Waals surface area contributed by atoms with Gasteiger partial charge in [0.2, 0.25) is 11.9 Å². The molecular weight excluding hydrogens is 493 g/mol. The Hall–Kier alpha value is -1.59. The second-order valence-corrected chi connectivity index (χ2v) is 11.8. The van der Waals surface area contributed by atoms with Crippen molar-refractivity contribution in [1.29, 1.82) is 0 Å². The van der Waals surface area contributed by atoms with E-state index in [0.29, 0.717) is 24.3 Å².